The van der Waals surface area contributed by atoms with E-state index in [0.29, 0.717) is 12.2 Å². The number of nitrogens with one attached hydrogen (secondary N) is 3. The number of nitrogens with two attached hydrogens (primary N) is 1. The quantitative estimate of drug-likeness (QED) is 0.375. The van der Waals surface area contributed by atoms with Gasteiger partial charge in [0.1, 0.15) is 12.1 Å². The Morgan fingerprint density at radius 2 is 1.70 bits per heavy atom. The molecular weight excluding hydrogens is 426 g/mol. The van der Waals surface area contributed by atoms with Crippen molar-refractivity contribution in [3.8, 4) is 0 Å². The normalized spacial score (nSPS) is 17.6. The molecule has 1 aliphatic heterocycles. The number of likely N-dealkylation sites (tertiary alicyclic amines) is 1. The van der Waals surface area contributed by atoms with Gasteiger partial charge in [-0.1, -0.05) is 32.9 Å². The van der Waals surface area contributed by atoms with Gasteiger partial charge in [0, 0.05) is 37.5 Å². The van der Waals surface area contributed by atoms with Crippen LogP contribution in [-0.2, 0) is 30.5 Å². The summed E-state index contributed by atoms with van der Waals surface area (Å²) in [6, 6.07) is 5.33. The van der Waals surface area contributed by atoms with Crippen molar-refractivity contribution in [3.63, 3.8) is 0 Å². The standard InChI is InChI=1S/C23H33N5O5/c1-13(2)20(27-18(29)9-10-28-19(30)11-14(3)23(28)33)22(32)25-15(4)21(31)26-17-7-5-16(12-24)6-8-17/h5-8,13-15,20H,9-12,24H2,1-4H3,(H,25,32)(H,26,31)(H,27,29)/t14?,15-,20-/m0/s1. The SMILES string of the molecule is CC1CC(=O)N(CCC(=O)N[C@H](C(=O)N[C@@H](C)C(=O)Nc2ccc(CN)cc2)C(C)C)C1=O. The first kappa shape index (κ1) is 26.0. The van der Waals surface area contributed by atoms with E-state index in [1.54, 1.807) is 52.0 Å². The van der Waals surface area contributed by atoms with Crippen LogP contribution in [-0.4, -0.2) is 53.1 Å². The minimum Gasteiger partial charge on any atom is -0.344 e. The van der Waals surface area contributed by atoms with Crippen molar-refractivity contribution < 1.29 is 24.0 Å². The number of hydrogen-bond acceptors (Lipinski definition) is 6. The van der Waals surface area contributed by atoms with Crippen LogP contribution in [0.1, 0.15) is 46.1 Å². The number of carbonyl (C=O) groups is 5. The number of imide groups is 1. The lowest BCUT2D eigenvalue weighted by Crippen LogP contribution is -2.54. The van der Waals surface area contributed by atoms with E-state index in [9.17, 15) is 24.0 Å². The summed E-state index contributed by atoms with van der Waals surface area (Å²) in [5, 5.41) is 7.99. The molecule has 1 aromatic rings. The van der Waals surface area contributed by atoms with Gasteiger partial charge in [-0.2, -0.15) is 0 Å². The van der Waals surface area contributed by atoms with E-state index in [1.165, 1.54) is 0 Å². The van der Waals surface area contributed by atoms with Crippen LogP contribution in [0, 0.1) is 11.8 Å². The van der Waals surface area contributed by atoms with Crippen molar-refractivity contribution >= 4 is 35.2 Å². The Morgan fingerprint density at radius 1 is 1.06 bits per heavy atom. The summed E-state index contributed by atoms with van der Waals surface area (Å²) in [6.45, 7) is 7.13. The maximum atomic E-state index is 12.7. The molecule has 0 saturated carbocycles. The summed E-state index contributed by atoms with van der Waals surface area (Å²) in [6.07, 6.45) is 0.0458. The number of amides is 5. The smallest absolute Gasteiger partial charge is 0.246 e. The molecule has 1 fully saturated rings. The molecule has 1 aliphatic rings. The van der Waals surface area contributed by atoms with Gasteiger partial charge in [0.05, 0.1) is 0 Å². The molecule has 0 radical (unpaired) electrons. The third-order valence-corrected chi connectivity index (χ3v) is 5.51. The predicted molar refractivity (Wildman–Crippen MR) is 122 cm³/mol. The number of carbonyl (C=O) groups excluding carboxylic acids is 5. The molecule has 1 saturated heterocycles. The van der Waals surface area contributed by atoms with Crippen molar-refractivity contribution in [2.75, 3.05) is 11.9 Å². The highest BCUT2D eigenvalue weighted by atomic mass is 16.2. The van der Waals surface area contributed by atoms with Crippen molar-refractivity contribution in [2.24, 2.45) is 17.6 Å². The molecule has 1 aromatic carbocycles. The van der Waals surface area contributed by atoms with Gasteiger partial charge in [0.2, 0.25) is 29.5 Å². The fourth-order valence-electron chi connectivity index (χ4n) is 3.42. The zero-order chi connectivity index (χ0) is 24.7. The molecular formula is C23H33N5O5. The molecule has 33 heavy (non-hydrogen) atoms. The second-order valence-electron chi connectivity index (χ2n) is 8.65. The Bertz CT molecular complexity index is 899. The van der Waals surface area contributed by atoms with Crippen LogP contribution in [0.5, 0.6) is 0 Å². The molecule has 1 unspecified atom stereocenters. The lowest BCUT2D eigenvalue weighted by Gasteiger charge is -2.24. The maximum Gasteiger partial charge on any atom is 0.246 e. The van der Waals surface area contributed by atoms with E-state index in [2.05, 4.69) is 16.0 Å². The van der Waals surface area contributed by atoms with Crippen molar-refractivity contribution in [3.05, 3.63) is 29.8 Å². The second kappa shape index (κ2) is 11.6. The van der Waals surface area contributed by atoms with Gasteiger partial charge in [-0.3, -0.25) is 28.9 Å². The van der Waals surface area contributed by atoms with Crippen molar-refractivity contribution in [1.29, 1.82) is 0 Å². The molecule has 0 aliphatic carbocycles. The topological polar surface area (TPSA) is 151 Å². The third-order valence-electron chi connectivity index (χ3n) is 5.51. The second-order valence-corrected chi connectivity index (χ2v) is 8.65. The number of benzene rings is 1. The Kier molecular flexibility index (Phi) is 9.10. The summed E-state index contributed by atoms with van der Waals surface area (Å²) in [5.41, 5.74) is 7.07. The summed E-state index contributed by atoms with van der Waals surface area (Å²) < 4.78 is 0. The van der Waals surface area contributed by atoms with Crippen LogP contribution >= 0.6 is 0 Å². The highest BCUT2D eigenvalue weighted by Gasteiger charge is 2.35. The Hall–Kier alpha value is -3.27. The Balaban J connectivity index is 1.88. The van der Waals surface area contributed by atoms with Gasteiger partial charge >= 0.3 is 0 Å². The molecule has 180 valence electrons. The lowest BCUT2D eigenvalue weighted by molar-refractivity contribution is -0.140. The Morgan fingerprint density at radius 3 is 2.21 bits per heavy atom. The maximum absolute atomic E-state index is 12.7. The van der Waals surface area contributed by atoms with Crippen LogP contribution in [0.3, 0.4) is 0 Å². The van der Waals surface area contributed by atoms with Crippen molar-refractivity contribution in [1.82, 2.24) is 15.5 Å². The third kappa shape index (κ3) is 7.11. The predicted octanol–water partition coefficient (Wildman–Crippen LogP) is 0.514. The molecule has 0 aromatic heterocycles. The average Bonchev–Trinajstić information content (AvgIpc) is 3.01. The number of nitrogens with zero attached hydrogens (tertiary/aromatic N) is 1. The van der Waals surface area contributed by atoms with E-state index in [4.69, 9.17) is 5.73 Å². The molecule has 5 amide bonds. The summed E-state index contributed by atoms with van der Waals surface area (Å²) in [4.78, 5) is 62.5. The van der Waals surface area contributed by atoms with E-state index in [-0.39, 0.29) is 43.0 Å². The zero-order valence-electron chi connectivity index (χ0n) is 19.5. The van der Waals surface area contributed by atoms with Gasteiger partial charge in [-0.05, 0) is 30.5 Å². The van der Waals surface area contributed by atoms with Gasteiger partial charge in [0.25, 0.3) is 0 Å². The van der Waals surface area contributed by atoms with Crippen LogP contribution in [0.2, 0.25) is 0 Å². The molecule has 2 rings (SSSR count). The first-order valence-corrected chi connectivity index (χ1v) is 11.1. The first-order valence-electron chi connectivity index (χ1n) is 11.1. The van der Waals surface area contributed by atoms with E-state index >= 15 is 0 Å². The number of rotatable bonds is 10. The van der Waals surface area contributed by atoms with Gasteiger partial charge in [-0.15, -0.1) is 0 Å². The minimum absolute atomic E-state index is 0.0258. The number of anilines is 1. The highest BCUT2D eigenvalue weighted by molar-refractivity contribution is 6.03. The van der Waals surface area contributed by atoms with E-state index in [0.717, 1.165) is 10.5 Å². The lowest BCUT2D eigenvalue weighted by atomic mass is 10.0. The van der Waals surface area contributed by atoms with Gasteiger partial charge in [-0.25, -0.2) is 0 Å². The Labute approximate surface area is 193 Å². The van der Waals surface area contributed by atoms with Gasteiger partial charge < -0.3 is 21.7 Å². The van der Waals surface area contributed by atoms with E-state index in [1.807, 2.05) is 0 Å². The van der Waals surface area contributed by atoms with E-state index < -0.39 is 29.8 Å². The average molecular weight is 460 g/mol. The summed E-state index contributed by atoms with van der Waals surface area (Å²) in [5.74, 6) is -2.57. The molecule has 5 N–H and O–H groups in total. The molecule has 10 heteroatoms. The monoisotopic (exact) mass is 459 g/mol. The van der Waals surface area contributed by atoms with Crippen LogP contribution < -0.4 is 21.7 Å². The highest BCUT2D eigenvalue weighted by Crippen LogP contribution is 2.18. The summed E-state index contributed by atoms with van der Waals surface area (Å²) >= 11 is 0. The van der Waals surface area contributed by atoms with Crippen molar-refractivity contribution in [2.45, 2.75) is 59.2 Å². The van der Waals surface area contributed by atoms with Crippen LogP contribution in [0.15, 0.2) is 24.3 Å². The molecule has 0 bridgehead atoms. The molecule has 10 nitrogen and oxygen atoms in total. The molecule has 3 atom stereocenters. The summed E-state index contributed by atoms with van der Waals surface area (Å²) in [7, 11) is 0. The van der Waals surface area contributed by atoms with Crippen LogP contribution in [0.4, 0.5) is 5.69 Å². The van der Waals surface area contributed by atoms with Gasteiger partial charge in [0.15, 0.2) is 0 Å². The fraction of sp³-hybridized carbons (Fsp3) is 0.522. The molecule has 1 heterocycles. The molecule has 0 spiro atoms. The minimum atomic E-state index is -0.875. The largest absolute Gasteiger partial charge is 0.344 e. The van der Waals surface area contributed by atoms with Crippen LogP contribution in [0.25, 0.3) is 0 Å². The fourth-order valence-corrected chi connectivity index (χ4v) is 3.42. The zero-order valence-corrected chi connectivity index (χ0v) is 19.5. The first-order chi connectivity index (χ1) is 15.5. The number of hydrogen-bond donors (Lipinski definition) is 4.